The Labute approximate surface area is 113 Å². The van der Waals surface area contributed by atoms with E-state index in [1.807, 2.05) is 0 Å². The van der Waals surface area contributed by atoms with Crippen molar-refractivity contribution in [2.24, 2.45) is 0 Å². The van der Waals surface area contributed by atoms with Crippen LogP contribution in [-0.2, 0) is 0 Å². The van der Waals surface area contributed by atoms with Crippen LogP contribution in [0.1, 0.15) is 26.3 Å². The molecule has 0 aliphatic heterocycles. The van der Waals surface area contributed by atoms with E-state index in [9.17, 15) is 0 Å². The third-order valence-electron chi connectivity index (χ3n) is 2.44. The largest absolute Gasteiger partial charge is 0.144 e. The average Bonchev–Trinajstić information content (AvgIpc) is 2.64. The van der Waals surface area contributed by atoms with E-state index in [-0.39, 0.29) is 5.38 Å². The molecule has 0 fully saturated rings. The van der Waals surface area contributed by atoms with E-state index in [4.69, 9.17) is 11.6 Å². The van der Waals surface area contributed by atoms with E-state index in [0.29, 0.717) is 0 Å². The molecule has 0 aliphatic rings. The lowest BCUT2D eigenvalue weighted by atomic mass is 10.1. The summed E-state index contributed by atoms with van der Waals surface area (Å²) >= 11 is 11.8. The average molecular weight is 316 g/mol. The van der Waals surface area contributed by atoms with Crippen LogP contribution in [0, 0.1) is 13.8 Å². The molecule has 1 atom stereocenters. The molecule has 0 bridgehead atoms. The minimum absolute atomic E-state index is 0.0614. The summed E-state index contributed by atoms with van der Waals surface area (Å²) in [5.41, 5.74) is 2.37. The summed E-state index contributed by atoms with van der Waals surface area (Å²) in [6.45, 7) is 4.18. The van der Waals surface area contributed by atoms with Crippen LogP contribution in [-0.4, -0.2) is 0 Å². The number of aryl methyl sites for hydroxylation is 2. The number of halogens is 2. The van der Waals surface area contributed by atoms with Gasteiger partial charge in [0.1, 0.15) is 0 Å². The summed E-state index contributed by atoms with van der Waals surface area (Å²) in [5, 5.41) is -0.0614. The molecular weight excluding hydrogens is 304 g/mol. The fraction of sp³-hybridized carbons (Fsp3) is 0.231. The first kappa shape index (κ1) is 12.2. The summed E-state index contributed by atoms with van der Waals surface area (Å²) in [4.78, 5) is 2.49. The number of benzene rings is 1. The second-order valence-corrected chi connectivity index (χ2v) is 6.45. The molecule has 0 nitrogen and oxygen atoms in total. The maximum atomic E-state index is 6.48. The first-order valence-electron chi connectivity index (χ1n) is 5.04. The highest BCUT2D eigenvalue weighted by molar-refractivity contribution is 9.10. The number of thiophene rings is 1. The molecule has 84 valence electrons. The van der Waals surface area contributed by atoms with Crippen LogP contribution in [0.2, 0.25) is 0 Å². The van der Waals surface area contributed by atoms with Crippen molar-refractivity contribution >= 4 is 38.9 Å². The Morgan fingerprint density at radius 1 is 1.19 bits per heavy atom. The Morgan fingerprint density at radius 3 is 2.50 bits per heavy atom. The summed E-state index contributed by atoms with van der Waals surface area (Å²) in [5.74, 6) is 0. The Kier molecular flexibility index (Phi) is 3.73. The molecule has 0 saturated heterocycles. The van der Waals surface area contributed by atoms with E-state index in [0.717, 1.165) is 10.0 Å². The van der Waals surface area contributed by atoms with Gasteiger partial charge in [0.05, 0.1) is 5.38 Å². The fourth-order valence-electron chi connectivity index (χ4n) is 1.58. The van der Waals surface area contributed by atoms with Crippen molar-refractivity contribution in [1.29, 1.82) is 0 Å². The Morgan fingerprint density at radius 2 is 1.94 bits per heavy atom. The maximum absolute atomic E-state index is 6.48. The molecule has 2 aromatic rings. The normalized spacial score (nSPS) is 12.8. The van der Waals surface area contributed by atoms with E-state index in [1.54, 1.807) is 11.3 Å². The number of rotatable bonds is 2. The molecular formula is C13H12BrClS. The van der Waals surface area contributed by atoms with Gasteiger partial charge in [0.2, 0.25) is 0 Å². The zero-order chi connectivity index (χ0) is 11.7. The highest BCUT2D eigenvalue weighted by Gasteiger charge is 2.15. The summed E-state index contributed by atoms with van der Waals surface area (Å²) in [7, 11) is 0. The Hall–Kier alpha value is -0.310. The van der Waals surface area contributed by atoms with Crippen LogP contribution in [0.3, 0.4) is 0 Å². The van der Waals surface area contributed by atoms with Crippen LogP contribution >= 0.6 is 38.9 Å². The van der Waals surface area contributed by atoms with Gasteiger partial charge in [0.15, 0.2) is 0 Å². The lowest BCUT2D eigenvalue weighted by Gasteiger charge is -2.10. The van der Waals surface area contributed by atoms with Crippen LogP contribution in [0.15, 0.2) is 34.8 Å². The SMILES string of the molecule is Cc1ccc(C(Cl)c2ccc(C)s2)c(Br)c1. The zero-order valence-corrected chi connectivity index (χ0v) is 12.3. The van der Waals surface area contributed by atoms with Crippen molar-refractivity contribution in [2.45, 2.75) is 19.2 Å². The first-order chi connectivity index (χ1) is 7.58. The highest BCUT2D eigenvalue weighted by atomic mass is 79.9. The van der Waals surface area contributed by atoms with E-state index >= 15 is 0 Å². The standard InChI is InChI=1S/C13H12BrClS/c1-8-3-5-10(11(14)7-8)13(15)12-6-4-9(2)16-12/h3-7,13H,1-2H3. The fourth-order valence-corrected chi connectivity index (χ4v) is 3.71. The van der Waals surface area contributed by atoms with Gasteiger partial charge in [0, 0.05) is 14.2 Å². The second kappa shape index (κ2) is 4.91. The van der Waals surface area contributed by atoms with Crippen molar-refractivity contribution in [3.05, 3.63) is 55.7 Å². The second-order valence-electron chi connectivity index (χ2n) is 3.84. The van der Waals surface area contributed by atoms with Gasteiger partial charge in [0.25, 0.3) is 0 Å². The first-order valence-corrected chi connectivity index (χ1v) is 7.09. The van der Waals surface area contributed by atoms with Crippen LogP contribution in [0.5, 0.6) is 0 Å². The van der Waals surface area contributed by atoms with Crippen LogP contribution in [0.4, 0.5) is 0 Å². The third kappa shape index (κ3) is 2.50. The molecule has 0 spiro atoms. The molecule has 1 aromatic heterocycles. The van der Waals surface area contributed by atoms with Crippen molar-refractivity contribution < 1.29 is 0 Å². The van der Waals surface area contributed by atoms with Gasteiger partial charge >= 0.3 is 0 Å². The van der Waals surface area contributed by atoms with Crippen LogP contribution in [0.25, 0.3) is 0 Å². The predicted molar refractivity (Wildman–Crippen MR) is 75.6 cm³/mol. The van der Waals surface area contributed by atoms with Crippen molar-refractivity contribution in [1.82, 2.24) is 0 Å². The number of hydrogen-bond acceptors (Lipinski definition) is 1. The molecule has 0 saturated carbocycles. The summed E-state index contributed by atoms with van der Waals surface area (Å²) in [6.07, 6.45) is 0. The smallest absolute Gasteiger partial charge is 0.0938 e. The van der Waals surface area contributed by atoms with Gasteiger partial charge < -0.3 is 0 Å². The third-order valence-corrected chi connectivity index (χ3v) is 4.79. The lowest BCUT2D eigenvalue weighted by molar-refractivity contribution is 1.16. The van der Waals surface area contributed by atoms with E-state index in [1.165, 1.54) is 15.3 Å². The number of alkyl halides is 1. The molecule has 1 heterocycles. The predicted octanol–water partition coefficient (Wildman–Crippen LogP) is 5.46. The molecule has 0 amide bonds. The molecule has 16 heavy (non-hydrogen) atoms. The molecule has 0 radical (unpaired) electrons. The quantitative estimate of drug-likeness (QED) is 0.646. The van der Waals surface area contributed by atoms with Gasteiger partial charge in [-0.25, -0.2) is 0 Å². The molecule has 1 unspecified atom stereocenters. The summed E-state index contributed by atoms with van der Waals surface area (Å²) < 4.78 is 1.08. The molecule has 1 aromatic carbocycles. The van der Waals surface area contributed by atoms with Gasteiger partial charge in [-0.15, -0.1) is 22.9 Å². The van der Waals surface area contributed by atoms with E-state index in [2.05, 4.69) is 60.1 Å². The Bertz CT molecular complexity index is 504. The molecule has 3 heteroatoms. The van der Waals surface area contributed by atoms with Crippen molar-refractivity contribution in [3.8, 4) is 0 Å². The van der Waals surface area contributed by atoms with Crippen LogP contribution < -0.4 is 0 Å². The van der Waals surface area contributed by atoms with Gasteiger partial charge in [-0.3, -0.25) is 0 Å². The topological polar surface area (TPSA) is 0 Å². The number of hydrogen-bond donors (Lipinski definition) is 0. The van der Waals surface area contributed by atoms with E-state index < -0.39 is 0 Å². The van der Waals surface area contributed by atoms with Crippen molar-refractivity contribution in [3.63, 3.8) is 0 Å². The highest BCUT2D eigenvalue weighted by Crippen LogP contribution is 2.37. The minimum Gasteiger partial charge on any atom is -0.144 e. The van der Waals surface area contributed by atoms with Crippen molar-refractivity contribution in [2.75, 3.05) is 0 Å². The maximum Gasteiger partial charge on any atom is 0.0938 e. The molecule has 0 N–H and O–H groups in total. The zero-order valence-electron chi connectivity index (χ0n) is 9.13. The lowest BCUT2D eigenvalue weighted by Crippen LogP contribution is -1.92. The molecule has 0 aliphatic carbocycles. The van der Waals surface area contributed by atoms with Gasteiger partial charge in [-0.1, -0.05) is 28.1 Å². The minimum atomic E-state index is -0.0614. The molecule has 2 rings (SSSR count). The monoisotopic (exact) mass is 314 g/mol. The van der Waals surface area contributed by atoms with Gasteiger partial charge in [-0.05, 0) is 43.2 Å². The van der Waals surface area contributed by atoms with Gasteiger partial charge in [-0.2, -0.15) is 0 Å². The Balaban J connectivity index is 2.37. The summed E-state index contributed by atoms with van der Waals surface area (Å²) in [6, 6.07) is 10.5.